The molecule has 0 saturated heterocycles. The van der Waals surface area contributed by atoms with E-state index in [4.69, 9.17) is 4.74 Å². The Balaban J connectivity index is 2.41. The van der Waals surface area contributed by atoms with Gasteiger partial charge in [-0.1, -0.05) is 19.9 Å². The molecule has 0 fully saturated rings. The molecule has 148 valence electrons. The number of hydrogen-bond donors (Lipinski definition) is 1. The third kappa shape index (κ3) is 4.60. The zero-order chi connectivity index (χ0) is 20.2. The number of nitrogens with one attached hydrogen (secondary N) is 1. The maximum atomic E-state index is 12.7. The predicted molar refractivity (Wildman–Crippen MR) is 105 cm³/mol. The van der Waals surface area contributed by atoms with Gasteiger partial charge in [0.05, 0.1) is 22.6 Å². The highest BCUT2D eigenvalue weighted by atomic mass is 32.2. The normalized spacial score (nSPS) is 12.2. The first-order valence-corrected chi connectivity index (χ1v) is 11.4. The van der Waals surface area contributed by atoms with Crippen molar-refractivity contribution in [3.05, 3.63) is 48.0 Å². The highest BCUT2D eigenvalue weighted by Crippen LogP contribution is 2.26. The SMILES string of the molecule is CCN(CC)S(=O)(=O)c1ccc(C)c(NS(=O)(=O)c2ccc(OC)cc2)c1. The van der Waals surface area contributed by atoms with Gasteiger partial charge < -0.3 is 4.74 Å². The molecule has 0 aliphatic carbocycles. The van der Waals surface area contributed by atoms with Crippen LogP contribution in [0.2, 0.25) is 0 Å². The van der Waals surface area contributed by atoms with Gasteiger partial charge >= 0.3 is 0 Å². The Morgan fingerprint density at radius 1 is 0.926 bits per heavy atom. The highest BCUT2D eigenvalue weighted by Gasteiger charge is 2.23. The fourth-order valence-electron chi connectivity index (χ4n) is 2.54. The van der Waals surface area contributed by atoms with E-state index in [1.54, 1.807) is 39.0 Å². The van der Waals surface area contributed by atoms with E-state index in [1.807, 2.05) is 0 Å². The van der Waals surface area contributed by atoms with Crippen molar-refractivity contribution in [3.63, 3.8) is 0 Å². The Hall–Kier alpha value is -2.10. The molecule has 27 heavy (non-hydrogen) atoms. The lowest BCUT2D eigenvalue weighted by atomic mass is 10.2. The molecule has 2 rings (SSSR count). The smallest absolute Gasteiger partial charge is 0.261 e. The molecule has 2 aromatic carbocycles. The summed E-state index contributed by atoms with van der Waals surface area (Å²) in [6, 6.07) is 10.4. The Kier molecular flexibility index (Phi) is 6.50. The van der Waals surface area contributed by atoms with Crippen molar-refractivity contribution < 1.29 is 21.6 Å². The van der Waals surface area contributed by atoms with Crippen LogP contribution in [0.5, 0.6) is 5.75 Å². The first-order chi connectivity index (χ1) is 12.7. The maximum Gasteiger partial charge on any atom is 0.261 e. The highest BCUT2D eigenvalue weighted by molar-refractivity contribution is 7.92. The van der Waals surface area contributed by atoms with Gasteiger partial charge in [-0.25, -0.2) is 16.8 Å². The molecule has 1 N–H and O–H groups in total. The van der Waals surface area contributed by atoms with Gasteiger partial charge in [-0.2, -0.15) is 4.31 Å². The monoisotopic (exact) mass is 412 g/mol. The number of anilines is 1. The van der Waals surface area contributed by atoms with E-state index in [2.05, 4.69) is 4.72 Å². The van der Waals surface area contributed by atoms with Crippen molar-refractivity contribution in [1.82, 2.24) is 4.31 Å². The molecule has 0 atom stereocenters. The maximum absolute atomic E-state index is 12.7. The largest absolute Gasteiger partial charge is 0.497 e. The standard InChI is InChI=1S/C18H24N2O5S2/c1-5-20(6-2)27(23,24)17-10-7-14(3)18(13-17)19-26(21,22)16-11-8-15(25-4)9-12-16/h7-13,19H,5-6H2,1-4H3. The molecule has 7 nitrogen and oxygen atoms in total. The van der Waals surface area contributed by atoms with Crippen molar-refractivity contribution in [2.75, 3.05) is 24.9 Å². The summed E-state index contributed by atoms with van der Waals surface area (Å²) in [5.74, 6) is 0.539. The number of methoxy groups -OCH3 is 1. The molecule has 0 aromatic heterocycles. The van der Waals surface area contributed by atoms with Crippen molar-refractivity contribution >= 4 is 25.7 Å². The fourth-order valence-corrected chi connectivity index (χ4v) is 5.15. The summed E-state index contributed by atoms with van der Waals surface area (Å²) in [5, 5.41) is 0. The molecule has 0 bridgehead atoms. The number of sulfonamides is 2. The summed E-state index contributed by atoms with van der Waals surface area (Å²) >= 11 is 0. The molecule has 0 saturated carbocycles. The molecule has 0 amide bonds. The second kappa shape index (κ2) is 8.28. The Morgan fingerprint density at radius 2 is 1.48 bits per heavy atom. The molecule has 2 aromatic rings. The Labute approximate surface area is 161 Å². The summed E-state index contributed by atoms with van der Waals surface area (Å²) in [6.07, 6.45) is 0. The lowest BCUT2D eigenvalue weighted by Gasteiger charge is -2.19. The lowest BCUT2D eigenvalue weighted by Crippen LogP contribution is -2.30. The minimum absolute atomic E-state index is 0.0456. The topological polar surface area (TPSA) is 92.8 Å². The summed E-state index contributed by atoms with van der Waals surface area (Å²) in [6.45, 7) is 5.88. The first-order valence-electron chi connectivity index (χ1n) is 8.43. The number of nitrogens with zero attached hydrogens (tertiary/aromatic N) is 1. The number of hydrogen-bond acceptors (Lipinski definition) is 5. The molecule has 0 radical (unpaired) electrons. The van der Waals surface area contributed by atoms with E-state index >= 15 is 0 Å². The van der Waals surface area contributed by atoms with Crippen LogP contribution in [0.1, 0.15) is 19.4 Å². The van der Waals surface area contributed by atoms with Gasteiger partial charge in [-0.05, 0) is 48.9 Å². The predicted octanol–water partition coefficient (Wildman–Crippen LogP) is 2.83. The van der Waals surface area contributed by atoms with Crippen LogP contribution in [0.3, 0.4) is 0 Å². The number of benzene rings is 2. The number of ether oxygens (including phenoxy) is 1. The van der Waals surface area contributed by atoms with Crippen LogP contribution in [0, 0.1) is 6.92 Å². The van der Waals surface area contributed by atoms with Crippen LogP contribution in [0.4, 0.5) is 5.69 Å². The van der Waals surface area contributed by atoms with Gasteiger partial charge in [0.15, 0.2) is 0 Å². The van der Waals surface area contributed by atoms with E-state index < -0.39 is 20.0 Å². The number of rotatable bonds is 8. The minimum atomic E-state index is -3.87. The van der Waals surface area contributed by atoms with Crippen LogP contribution < -0.4 is 9.46 Å². The second-order valence-corrected chi connectivity index (χ2v) is 9.47. The Morgan fingerprint density at radius 3 is 2.00 bits per heavy atom. The van der Waals surface area contributed by atoms with E-state index in [0.717, 1.165) is 0 Å². The summed E-state index contributed by atoms with van der Waals surface area (Å²) in [4.78, 5) is 0.101. The van der Waals surface area contributed by atoms with Crippen LogP contribution in [-0.4, -0.2) is 41.3 Å². The summed E-state index contributed by atoms with van der Waals surface area (Å²) in [5.41, 5.74) is 0.838. The molecular weight excluding hydrogens is 388 g/mol. The lowest BCUT2D eigenvalue weighted by molar-refractivity contribution is 0.414. The number of aryl methyl sites for hydroxylation is 1. The second-order valence-electron chi connectivity index (χ2n) is 5.85. The first kappa shape index (κ1) is 21.2. The quantitative estimate of drug-likeness (QED) is 0.720. The minimum Gasteiger partial charge on any atom is -0.497 e. The van der Waals surface area contributed by atoms with Crippen LogP contribution in [-0.2, 0) is 20.0 Å². The zero-order valence-electron chi connectivity index (χ0n) is 15.8. The molecule has 0 aliphatic heterocycles. The molecule has 0 heterocycles. The van der Waals surface area contributed by atoms with Crippen molar-refractivity contribution in [3.8, 4) is 5.75 Å². The third-order valence-corrected chi connectivity index (χ3v) is 7.59. The van der Waals surface area contributed by atoms with Crippen molar-refractivity contribution in [2.24, 2.45) is 0 Å². The average Bonchev–Trinajstić information content (AvgIpc) is 2.64. The van der Waals surface area contributed by atoms with Gasteiger partial charge in [0, 0.05) is 13.1 Å². The molecule has 9 heteroatoms. The molecular formula is C18H24N2O5S2. The van der Waals surface area contributed by atoms with Gasteiger partial charge in [0.25, 0.3) is 10.0 Å². The zero-order valence-corrected chi connectivity index (χ0v) is 17.4. The third-order valence-electron chi connectivity index (χ3n) is 4.17. The van der Waals surface area contributed by atoms with Crippen molar-refractivity contribution in [1.29, 1.82) is 0 Å². The van der Waals surface area contributed by atoms with Crippen LogP contribution in [0.25, 0.3) is 0 Å². The molecule has 0 unspecified atom stereocenters. The average molecular weight is 413 g/mol. The van der Waals surface area contributed by atoms with E-state index in [9.17, 15) is 16.8 Å². The van der Waals surface area contributed by atoms with E-state index in [0.29, 0.717) is 24.4 Å². The molecule has 0 aliphatic rings. The summed E-state index contributed by atoms with van der Waals surface area (Å²) < 4.78 is 59.5. The van der Waals surface area contributed by atoms with Gasteiger partial charge in [-0.15, -0.1) is 0 Å². The Bertz CT molecular complexity index is 997. The van der Waals surface area contributed by atoms with Crippen LogP contribution >= 0.6 is 0 Å². The molecule has 0 spiro atoms. The van der Waals surface area contributed by atoms with Crippen molar-refractivity contribution in [2.45, 2.75) is 30.6 Å². The van der Waals surface area contributed by atoms with Gasteiger partial charge in [0.1, 0.15) is 5.75 Å². The van der Waals surface area contributed by atoms with E-state index in [1.165, 1.54) is 35.7 Å². The summed E-state index contributed by atoms with van der Waals surface area (Å²) in [7, 11) is -6.06. The van der Waals surface area contributed by atoms with Gasteiger partial charge in [0.2, 0.25) is 10.0 Å². The fraction of sp³-hybridized carbons (Fsp3) is 0.333. The van der Waals surface area contributed by atoms with Gasteiger partial charge in [-0.3, -0.25) is 4.72 Å². The van der Waals surface area contributed by atoms with E-state index in [-0.39, 0.29) is 15.5 Å². The van der Waals surface area contributed by atoms with Crippen LogP contribution in [0.15, 0.2) is 52.3 Å².